The maximum absolute atomic E-state index is 13.9. The van der Waals surface area contributed by atoms with Crippen LogP contribution in [0, 0.1) is 11.8 Å². The molecular formula is C34H44N4O10S. The first-order valence-electron chi connectivity index (χ1n) is 16.6. The summed E-state index contributed by atoms with van der Waals surface area (Å²) in [7, 11) is -4.07. The van der Waals surface area contributed by atoms with Gasteiger partial charge < -0.3 is 43.4 Å². The van der Waals surface area contributed by atoms with Crippen molar-refractivity contribution >= 4 is 16.1 Å². The van der Waals surface area contributed by atoms with E-state index in [1.807, 2.05) is 48.9 Å². The van der Waals surface area contributed by atoms with Crippen LogP contribution in [0.3, 0.4) is 0 Å². The predicted octanol–water partition coefficient (Wildman–Crippen LogP) is 3.19. The van der Waals surface area contributed by atoms with Gasteiger partial charge in [-0.3, -0.25) is 0 Å². The summed E-state index contributed by atoms with van der Waals surface area (Å²) in [6, 6.07) is 10.9. The molecule has 3 aromatic rings. The van der Waals surface area contributed by atoms with Crippen LogP contribution in [0.25, 0.3) is 0 Å². The number of aliphatic hydroxyl groups is 1. The van der Waals surface area contributed by atoms with E-state index in [1.165, 1.54) is 16.4 Å². The minimum absolute atomic E-state index is 0.0114. The lowest BCUT2D eigenvalue weighted by molar-refractivity contribution is -0.0907. The van der Waals surface area contributed by atoms with Gasteiger partial charge in [0.2, 0.25) is 16.8 Å². The number of nitrogens with zero attached hydrogens (tertiary/aromatic N) is 3. The summed E-state index contributed by atoms with van der Waals surface area (Å²) in [5.41, 5.74) is 0.803. The second-order valence-electron chi connectivity index (χ2n) is 12.9. The molecular weight excluding hydrogens is 656 g/mol. The van der Waals surface area contributed by atoms with E-state index in [2.05, 4.69) is 10.3 Å². The minimum atomic E-state index is -4.07. The number of aromatic nitrogens is 2. The third-order valence-electron chi connectivity index (χ3n) is 8.72. The molecule has 6 rings (SSSR count). The lowest BCUT2D eigenvalue weighted by Crippen LogP contribution is -2.51. The molecule has 3 aliphatic heterocycles. The molecule has 2 saturated heterocycles. The molecule has 14 nitrogen and oxygen atoms in total. The zero-order chi connectivity index (χ0) is 34.4. The Kier molecular flexibility index (Phi) is 11.2. The third-order valence-corrected chi connectivity index (χ3v) is 10.5. The summed E-state index contributed by atoms with van der Waals surface area (Å²) in [6.45, 7) is 5.73. The van der Waals surface area contributed by atoms with Crippen molar-refractivity contribution in [3.8, 4) is 17.2 Å². The van der Waals surface area contributed by atoms with Crippen molar-refractivity contribution in [1.82, 2.24) is 19.2 Å². The molecule has 0 aliphatic carbocycles. The van der Waals surface area contributed by atoms with Gasteiger partial charge in [0.05, 0.1) is 49.1 Å². The first-order valence-corrected chi connectivity index (χ1v) is 18.1. The topological polar surface area (TPSA) is 160 Å². The highest BCUT2D eigenvalue weighted by atomic mass is 32.2. The summed E-state index contributed by atoms with van der Waals surface area (Å²) in [6.07, 6.45) is 4.23. The largest absolute Gasteiger partial charge is 0.494 e. The summed E-state index contributed by atoms with van der Waals surface area (Å²) < 4.78 is 64.6. The van der Waals surface area contributed by atoms with E-state index >= 15 is 0 Å². The van der Waals surface area contributed by atoms with Gasteiger partial charge in [-0.2, -0.15) is 4.31 Å². The Bertz CT molecular complexity index is 1640. The molecule has 3 aliphatic rings. The Labute approximate surface area is 286 Å². The summed E-state index contributed by atoms with van der Waals surface area (Å²) >= 11 is 0. The highest BCUT2D eigenvalue weighted by molar-refractivity contribution is 7.89. The summed E-state index contributed by atoms with van der Waals surface area (Å²) in [4.78, 5) is 17.3. The number of imidazole rings is 1. The number of carbonyl (C=O) groups is 1. The first-order chi connectivity index (χ1) is 23.7. The average molecular weight is 701 g/mol. The minimum Gasteiger partial charge on any atom is -0.494 e. The van der Waals surface area contributed by atoms with Crippen LogP contribution in [-0.2, 0) is 37.2 Å². The highest BCUT2D eigenvalue weighted by Gasteiger charge is 2.44. The smallest absolute Gasteiger partial charge is 0.407 e. The summed E-state index contributed by atoms with van der Waals surface area (Å²) in [5, 5.41) is 14.5. The quantitative estimate of drug-likeness (QED) is 0.211. The fourth-order valence-corrected chi connectivity index (χ4v) is 7.82. The van der Waals surface area contributed by atoms with Crippen molar-refractivity contribution in [2.75, 3.05) is 39.7 Å². The van der Waals surface area contributed by atoms with Crippen LogP contribution >= 0.6 is 0 Å². The third kappa shape index (κ3) is 8.83. The molecule has 1 amide bonds. The van der Waals surface area contributed by atoms with E-state index in [-0.39, 0.29) is 49.6 Å². The molecule has 0 saturated carbocycles. The number of nitrogens with one attached hydrogen (secondary N) is 1. The number of rotatable bonds is 16. The number of aliphatic hydroxyl groups excluding tert-OH is 1. The monoisotopic (exact) mass is 700 g/mol. The Morgan fingerprint density at radius 2 is 1.94 bits per heavy atom. The van der Waals surface area contributed by atoms with Gasteiger partial charge in [0.1, 0.15) is 11.9 Å². The molecule has 1 aromatic heterocycles. The van der Waals surface area contributed by atoms with Crippen molar-refractivity contribution in [2.24, 2.45) is 11.8 Å². The van der Waals surface area contributed by atoms with Gasteiger partial charge in [0.25, 0.3) is 0 Å². The Morgan fingerprint density at radius 1 is 1.12 bits per heavy atom. The SMILES string of the molecule is CC(C)CN(C[C@@H](O)[C@H](Cc1ccc(OCCCn2ccnc2)cc1)NC(=O)OC1COC2OCCC12)S(=O)(=O)c1ccc2c(c1)OCO2. The molecule has 266 valence electrons. The molecule has 5 atom stereocenters. The molecule has 4 heterocycles. The van der Waals surface area contributed by atoms with Crippen molar-refractivity contribution in [1.29, 1.82) is 0 Å². The average Bonchev–Trinajstić information content (AvgIpc) is 3.90. The molecule has 0 spiro atoms. The number of sulfonamides is 1. The number of aryl methyl sites for hydroxylation is 1. The molecule has 49 heavy (non-hydrogen) atoms. The molecule has 2 N–H and O–H groups in total. The van der Waals surface area contributed by atoms with Gasteiger partial charge in [-0.25, -0.2) is 18.2 Å². The normalized spacial score (nSPS) is 21.1. The van der Waals surface area contributed by atoms with E-state index in [4.69, 9.17) is 28.4 Å². The van der Waals surface area contributed by atoms with Gasteiger partial charge in [0.15, 0.2) is 17.8 Å². The fourth-order valence-electron chi connectivity index (χ4n) is 6.19. The number of benzene rings is 2. The number of carbonyl (C=O) groups excluding carboxylic acids is 1. The van der Waals surface area contributed by atoms with E-state index in [1.54, 1.807) is 18.6 Å². The number of ether oxygens (including phenoxy) is 6. The summed E-state index contributed by atoms with van der Waals surface area (Å²) in [5.74, 6) is 1.38. The van der Waals surface area contributed by atoms with E-state index in [0.29, 0.717) is 36.9 Å². The number of fused-ring (bicyclic) bond motifs is 2. The maximum atomic E-state index is 13.9. The predicted molar refractivity (Wildman–Crippen MR) is 176 cm³/mol. The number of amides is 1. The lowest BCUT2D eigenvalue weighted by Gasteiger charge is -2.31. The second kappa shape index (κ2) is 15.8. The van der Waals surface area contributed by atoms with Gasteiger partial charge in [0, 0.05) is 38.1 Å². The van der Waals surface area contributed by atoms with Crippen LogP contribution in [0.15, 0.2) is 66.1 Å². The molecule has 2 fully saturated rings. The van der Waals surface area contributed by atoms with Gasteiger partial charge in [-0.1, -0.05) is 26.0 Å². The van der Waals surface area contributed by atoms with Crippen molar-refractivity contribution in [2.45, 2.75) is 69.1 Å². The van der Waals surface area contributed by atoms with Crippen molar-refractivity contribution in [3.05, 3.63) is 66.7 Å². The van der Waals surface area contributed by atoms with Crippen LogP contribution in [0.4, 0.5) is 4.79 Å². The number of alkyl carbamates (subject to hydrolysis) is 1. The van der Waals surface area contributed by atoms with Crippen LogP contribution in [-0.4, -0.2) is 97.7 Å². The van der Waals surface area contributed by atoms with E-state index in [9.17, 15) is 18.3 Å². The first kappa shape index (κ1) is 35.0. The number of hydrogen-bond acceptors (Lipinski definition) is 11. The molecule has 3 unspecified atom stereocenters. The number of hydrogen-bond donors (Lipinski definition) is 2. The maximum Gasteiger partial charge on any atom is 0.407 e. The van der Waals surface area contributed by atoms with Crippen LogP contribution in [0.2, 0.25) is 0 Å². The van der Waals surface area contributed by atoms with Crippen molar-refractivity contribution < 1.29 is 46.7 Å². The van der Waals surface area contributed by atoms with Gasteiger partial charge in [-0.15, -0.1) is 0 Å². The van der Waals surface area contributed by atoms with Crippen LogP contribution in [0.1, 0.15) is 32.3 Å². The fraction of sp³-hybridized carbons (Fsp3) is 0.529. The molecule has 2 aromatic carbocycles. The Hall–Kier alpha value is -3.89. The zero-order valence-electron chi connectivity index (χ0n) is 27.7. The second-order valence-corrected chi connectivity index (χ2v) is 14.8. The Morgan fingerprint density at radius 3 is 2.71 bits per heavy atom. The lowest BCUT2D eigenvalue weighted by atomic mass is 10.0. The molecule has 15 heteroatoms. The van der Waals surface area contributed by atoms with E-state index in [0.717, 1.165) is 18.5 Å². The van der Waals surface area contributed by atoms with Crippen LogP contribution in [0.5, 0.6) is 17.2 Å². The Balaban J connectivity index is 1.15. The van der Waals surface area contributed by atoms with Crippen LogP contribution < -0.4 is 19.5 Å². The van der Waals surface area contributed by atoms with Gasteiger partial charge in [-0.05, 0) is 55.0 Å². The molecule has 0 radical (unpaired) electrons. The van der Waals surface area contributed by atoms with Crippen molar-refractivity contribution in [3.63, 3.8) is 0 Å². The highest BCUT2D eigenvalue weighted by Crippen LogP contribution is 2.35. The standard InChI is InChI=1S/C34H44N4O10S/c1-23(2)18-38(49(41,42)26-8-9-30-31(17-26)47-22-46-30)19-29(39)28(36-34(40)48-32-20-45-33-27(32)10-15-44-33)16-24-4-6-25(7-5-24)43-14-3-12-37-13-11-35-21-37/h4-9,11,13,17,21,23,27-29,32-33,39H,3,10,12,14-16,18-20,22H2,1-2H3,(H,36,40)/t27?,28-,29+,32?,33?/m0/s1. The van der Waals surface area contributed by atoms with E-state index < -0.39 is 40.7 Å². The van der Waals surface area contributed by atoms with Gasteiger partial charge >= 0.3 is 6.09 Å². The molecule has 0 bridgehead atoms. The zero-order valence-corrected chi connectivity index (χ0v) is 28.5.